The van der Waals surface area contributed by atoms with Crippen molar-refractivity contribution in [1.82, 2.24) is 0 Å². The summed E-state index contributed by atoms with van der Waals surface area (Å²) in [5, 5.41) is 0. The van der Waals surface area contributed by atoms with E-state index in [1.165, 1.54) is 77.0 Å². The molecule has 1 saturated heterocycles. The molecule has 0 aromatic rings. The smallest absolute Gasteiger partial charge is 0.125 e. The molecule has 0 radical (unpaired) electrons. The first-order valence-corrected chi connectivity index (χ1v) is 13.2. The molecular formula is C21H30OS2. The largest absolute Gasteiger partial charge is 0.246 e. The molecule has 1 aliphatic heterocycles. The van der Waals surface area contributed by atoms with Crippen molar-refractivity contribution in [3.8, 4) is 0 Å². The third-order valence-electron chi connectivity index (χ3n) is 9.87. The molecule has 0 amide bonds. The van der Waals surface area contributed by atoms with Crippen molar-refractivity contribution in [2.24, 2.45) is 46.3 Å². The van der Waals surface area contributed by atoms with Crippen LogP contribution in [-0.4, -0.2) is 8.29 Å². The van der Waals surface area contributed by atoms with E-state index in [-0.39, 0.29) is 4.08 Å². The third-order valence-corrected chi connectivity index (χ3v) is 14.3. The van der Waals surface area contributed by atoms with E-state index in [9.17, 15) is 4.21 Å². The molecule has 132 valence electrons. The predicted octanol–water partition coefficient (Wildman–Crippen LogP) is 5.53. The number of hydrogen-bond acceptors (Lipinski definition) is 2. The van der Waals surface area contributed by atoms with Crippen molar-refractivity contribution in [1.29, 1.82) is 0 Å². The van der Waals surface area contributed by atoms with E-state index in [2.05, 4.69) is 0 Å². The molecule has 24 heavy (non-hydrogen) atoms. The summed E-state index contributed by atoms with van der Waals surface area (Å²) in [5.74, 6) is 6.00. The summed E-state index contributed by atoms with van der Waals surface area (Å²) in [5.41, 5.74) is 0.978. The molecule has 9 fully saturated rings. The van der Waals surface area contributed by atoms with Crippen molar-refractivity contribution in [3.63, 3.8) is 0 Å². The maximum absolute atomic E-state index is 13.3. The van der Waals surface area contributed by atoms with Gasteiger partial charge < -0.3 is 0 Å². The highest BCUT2D eigenvalue weighted by molar-refractivity contribution is 8.86. The predicted molar refractivity (Wildman–Crippen MR) is 99.7 cm³/mol. The lowest BCUT2D eigenvalue weighted by molar-refractivity contribution is -0.126. The van der Waals surface area contributed by atoms with Gasteiger partial charge in [-0.1, -0.05) is 0 Å². The first-order valence-electron chi connectivity index (χ1n) is 10.7. The number of hydrogen-bond donors (Lipinski definition) is 0. The summed E-state index contributed by atoms with van der Waals surface area (Å²) < 4.78 is 13.5. The van der Waals surface area contributed by atoms with Gasteiger partial charge in [-0.15, -0.1) is 0 Å². The first-order chi connectivity index (χ1) is 11.6. The van der Waals surface area contributed by atoms with E-state index in [0.717, 1.165) is 35.5 Å². The van der Waals surface area contributed by atoms with Crippen LogP contribution >= 0.6 is 10.8 Å². The first kappa shape index (κ1) is 14.5. The van der Waals surface area contributed by atoms with Gasteiger partial charge in [0.25, 0.3) is 0 Å². The Balaban J connectivity index is 1.36. The van der Waals surface area contributed by atoms with Crippen molar-refractivity contribution in [2.75, 3.05) is 0 Å². The maximum atomic E-state index is 13.3. The van der Waals surface area contributed by atoms with Gasteiger partial charge in [-0.05, 0) is 134 Å². The van der Waals surface area contributed by atoms with Gasteiger partial charge in [0, 0.05) is 0 Å². The van der Waals surface area contributed by atoms with Crippen LogP contribution in [0.15, 0.2) is 0 Å². The van der Waals surface area contributed by atoms with Crippen molar-refractivity contribution < 1.29 is 4.21 Å². The Hall–Kier alpha value is 0.500. The van der Waals surface area contributed by atoms with E-state index in [0.29, 0.717) is 10.8 Å². The average molecular weight is 366 g/mol. The van der Waals surface area contributed by atoms with Crippen LogP contribution < -0.4 is 0 Å². The Kier molecular flexibility index (Phi) is 2.62. The third kappa shape index (κ3) is 1.57. The molecular weight excluding hydrogens is 336 g/mol. The summed E-state index contributed by atoms with van der Waals surface area (Å²) in [4.78, 5) is 0. The Bertz CT molecular complexity index is 523. The van der Waals surface area contributed by atoms with E-state index in [4.69, 9.17) is 0 Å². The molecule has 1 nitrogen and oxygen atoms in total. The molecule has 0 spiro atoms. The number of rotatable bonds is 2. The van der Waals surface area contributed by atoms with Gasteiger partial charge in [0.1, 0.15) is 13.9 Å². The fraction of sp³-hybridized carbons (Fsp3) is 1.00. The summed E-state index contributed by atoms with van der Waals surface area (Å²) in [6.07, 6.45) is 17.9. The van der Waals surface area contributed by atoms with E-state index in [1.807, 2.05) is 10.8 Å². The topological polar surface area (TPSA) is 17.1 Å². The molecule has 8 saturated carbocycles. The summed E-state index contributed by atoms with van der Waals surface area (Å²) in [6, 6.07) is 0. The average Bonchev–Trinajstić information content (AvgIpc) is 3.19. The second-order valence-electron chi connectivity index (χ2n) is 11.3. The summed E-state index contributed by atoms with van der Waals surface area (Å²) >= 11 is 0. The van der Waals surface area contributed by atoms with E-state index >= 15 is 0 Å². The minimum atomic E-state index is -0.565. The molecule has 3 heteroatoms. The zero-order valence-electron chi connectivity index (χ0n) is 14.7. The quantitative estimate of drug-likeness (QED) is 0.363. The fourth-order valence-corrected chi connectivity index (χ4v) is 15.4. The highest BCUT2D eigenvalue weighted by Crippen LogP contribution is 2.83. The highest BCUT2D eigenvalue weighted by atomic mass is 35.1. The van der Waals surface area contributed by atoms with Crippen LogP contribution in [0.2, 0.25) is 0 Å². The van der Waals surface area contributed by atoms with Crippen molar-refractivity contribution in [3.05, 3.63) is 0 Å². The second-order valence-corrected chi connectivity index (χ2v) is 14.9. The molecule has 1 unspecified atom stereocenters. The molecule has 8 aliphatic carbocycles. The van der Waals surface area contributed by atoms with Gasteiger partial charge >= 0.3 is 0 Å². The van der Waals surface area contributed by atoms with Gasteiger partial charge in [-0.2, -0.15) is 0 Å². The monoisotopic (exact) mass is 366 g/mol. The molecule has 1 heterocycles. The Labute approximate surface area is 152 Å². The fourth-order valence-electron chi connectivity index (χ4n) is 10.2. The Morgan fingerprint density at radius 3 is 1.04 bits per heavy atom. The maximum Gasteiger partial charge on any atom is 0.125 e. The molecule has 1 atom stereocenters. The van der Waals surface area contributed by atoms with Crippen LogP contribution in [0.5, 0.6) is 0 Å². The molecule has 8 bridgehead atoms. The standard InChI is InChI=1S/C21H30OS2/c22-24-21(23-24,19-7-13-1-14(8-19)3-15(2-13)9-19)20-10-16-4-17(11-20)6-18(5-16)12-20/h13-18H,1-12H2/i23+2,24+2. The van der Waals surface area contributed by atoms with E-state index in [1.54, 1.807) is 0 Å². The second kappa shape index (κ2) is 4.32. The van der Waals surface area contributed by atoms with Crippen LogP contribution in [0.4, 0.5) is 0 Å². The SMILES string of the molecule is O=[34S]1[34S]C1(C12CC3CC(CC(C3)C1)C2)C12CC3CC(CC(C3)C1)C2. The molecule has 0 aromatic heterocycles. The van der Waals surface area contributed by atoms with Gasteiger partial charge in [0.05, 0.1) is 0 Å². The van der Waals surface area contributed by atoms with Gasteiger partial charge in [0.2, 0.25) is 0 Å². The Morgan fingerprint density at radius 1 is 0.583 bits per heavy atom. The van der Waals surface area contributed by atoms with Crippen LogP contribution in [0.1, 0.15) is 77.0 Å². The van der Waals surface area contributed by atoms with Crippen molar-refractivity contribution >= 4 is 20.6 Å². The van der Waals surface area contributed by atoms with Crippen molar-refractivity contribution in [2.45, 2.75) is 81.1 Å². The lowest BCUT2D eigenvalue weighted by Gasteiger charge is -2.66. The molecule has 0 aromatic carbocycles. The molecule has 9 rings (SSSR count). The minimum absolute atomic E-state index is 0.214. The van der Waals surface area contributed by atoms with E-state index < -0.39 is 9.83 Å². The van der Waals surface area contributed by atoms with Gasteiger partial charge in [-0.25, -0.2) is 4.21 Å². The summed E-state index contributed by atoms with van der Waals surface area (Å²) in [6.45, 7) is 0. The lowest BCUT2D eigenvalue weighted by Crippen LogP contribution is -2.62. The normalized spacial score (nSPS) is 68.6. The molecule has 9 aliphatic rings. The lowest BCUT2D eigenvalue weighted by atomic mass is 9.41. The zero-order chi connectivity index (χ0) is 15.7. The van der Waals surface area contributed by atoms with Gasteiger partial charge in [-0.3, -0.25) is 0 Å². The van der Waals surface area contributed by atoms with Crippen LogP contribution in [0.3, 0.4) is 0 Å². The van der Waals surface area contributed by atoms with Crippen LogP contribution in [0, 0.1) is 46.3 Å². The van der Waals surface area contributed by atoms with Gasteiger partial charge in [0.15, 0.2) is 0 Å². The Morgan fingerprint density at radius 2 is 0.833 bits per heavy atom. The highest BCUT2D eigenvalue weighted by Gasteiger charge is 2.80. The zero-order valence-corrected chi connectivity index (χ0v) is 16.3. The minimum Gasteiger partial charge on any atom is -0.246 e. The summed E-state index contributed by atoms with van der Waals surface area (Å²) in [7, 11) is 1.42. The van der Waals surface area contributed by atoms with Crippen LogP contribution in [-0.2, 0) is 9.83 Å². The van der Waals surface area contributed by atoms with Crippen LogP contribution in [0.25, 0.3) is 0 Å². The molecule has 0 N–H and O–H groups in total.